The molecule has 2 aromatic heterocycles. The quantitative estimate of drug-likeness (QED) is 0.273. The molecule has 0 radical (unpaired) electrons. The first-order valence-electron chi connectivity index (χ1n) is 10.4. The minimum Gasteiger partial charge on any atom is -0.271 e. The average molecular weight is 560 g/mol. The van der Waals surface area contributed by atoms with E-state index in [1.807, 2.05) is 17.5 Å². The Morgan fingerprint density at radius 2 is 1.69 bits per heavy atom. The standard InChI is InChI=1S/C25H14Cl3FN4O2S/c26-15-6-4-13(5-7-15)22(24-31-20(12-36-24)14-2-1-3-16(29)8-14)23-18(27)9-17(10-19(23)28)33-25(35)32-21(34)11-30-33/h1-12,22H,(H,32,34,35). The van der Waals surface area contributed by atoms with Gasteiger partial charge in [0, 0.05) is 31.6 Å². The molecule has 0 fully saturated rings. The maximum Gasteiger partial charge on any atom is 0.349 e. The highest BCUT2D eigenvalue weighted by Gasteiger charge is 2.26. The van der Waals surface area contributed by atoms with E-state index in [0.717, 1.165) is 16.4 Å². The Morgan fingerprint density at radius 1 is 0.972 bits per heavy atom. The van der Waals surface area contributed by atoms with Crippen molar-refractivity contribution in [3.63, 3.8) is 0 Å². The summed E-state index contributed by atoms with van der Waals surface area (Å²) in [7, 11) is 0. The second-order valence-electron chi connectivity index (χ2n) is 7.74. The van der Waals surface area contributed by atoms with Crippen LogP contribution in [-0.2, 0) is 0 Å². The fourth-order valence-corrected chi connectivity index (χ4v) is 5.58. The van der Waals surface area contributed by atoms with Crippen LogP contribution in [-0.4, -0.2) is 19.7 Å². The summed E-state index contributed by atoms with van der Waals surface area (Å²) >= 11 is 21.0. The lowest BCUT2D eigenvalue weighted by atomic mass is 9.91. The summed E-state index contributed by atoms with van der Waals surface area (Å²) in [5, 5.41) is 7.47. The van der Waals surface area contributed by atoms with Crippen LogP contribution >= 0.6 is 46.1 Å². The molecule has 11 heteroatoms. The third-order valence-corrected chi connectivity index (χ3v) is 7.19. The molecule has 3 aromatic carbocycles. The molecule has 1 unspecified atom stereocenters. The molecule has 0 spiro atoms. The predicted octanol–water partition coefficient (Wildman–Crippen LogP) is 6.32. The van der Waals surface area contributed by atoms with E-state index in [-0.39, 0.29) is 21.5 Å². The molecule has 36 heavy (non-hydrogen) atoms. The molecule has 0 saturated carbocycles. The summed E-state index contributed by atoms with van der Waals surface area (Å²) in [4.78, 5) is 30.5. The number of nitrogens with zero attached hydrogens (tertiary/aromatic N) is 3. The van der Waals surface area contributed by atoms with Crippen molar-refractivity contribution in [2.75, 3.05) is 0 Å². The van der Waals surface area contributed by atoms with Crippen LogP contribution in [0.5, 0.6) is 0 Å². The number of benzene rings is 3. The first kappa shape index (κ1) is 24.4. The van der Waals surface area contributed by atoms with E-state index in [2.05, 4.69) is 10.1 Å². The van der Waals surface area contributed by atoms with Gasteiger partial charge in [0.15, 0.2) is 0 Å². The smallest absolute Gasteiger partial charge is 0.271 e. The zero-order chi connectivity index (χ0) is 25.4. The molecule has 0 aliphatic heterocycles. The van der Waals surface area contributed by atoms with Gasteiger partial charge < -0.3 is 0 Å². The first-order valence-corrected chi connectivity index (χ1v) is 12.5. The Morgan fingerprint density at radius 3 is 2.36 bits per heavy atom. The summed E-state index contributed by atoms with van der Waals surface area (Å²) in [5.41, 5.74) is 1.58. The Hall–Kier alpha value is -3.30. The third-order valence-electron chi connectivity index (χ3n) is 5.40. The number of halogens is 4. The molecule has 0 aliphatic carbocycles. The Kier molecular flexibility index (Phi) is 6.77. The summed E-state index contributed by atoms with van der Waals surface area (Å²) < 4.78 is 14.8. The van der Waals surface area contributed by atoms with Crippen molar-refractivity contribution in [1.82, 2.24) is 19.7 Å². The number of thiazole rings is 1. The van der Waals surface area contributed by atoms with Crippen LogP contribution < -0.4 is 11.2 Å². The van der Waals surface area contributed by atoms with E-state index in [1.54, 1.807) is 36.4 Å². The van der Waals surface area contributed by atoms with Gasteiger partial charge in [-0.2, -0.15) is 9.78 Å². The Labute approximate surface area is 222 Å². The van der Waals surface area contributed by atoms with Gasteiger partial charge in [-0.05, 0) is 42.0 Å². The largest absolute Gasteiger partial charge is 0.349 e. The SMILES string of the molecule is O=c1cnn(-c2cc(Cl)c(C(c3ccc(Cl)cc3)c3nc(-c4cccc(F)c4)cs3)c(Cl)c2)c(=O)[nH]1. The second-order valence-corrected chi connectivity index (χ2v) is 9.88. The number of rotatable bonds is 5. The lowest BCUT2D eigenvalue weighted by Gasteiger charge is -2.20. The van der Waals surface area contributed by atoms with E-state index in [1.165, 1.54) is 23.5 Å². The minimum absolute atomic E-state index is 0.264. The van der Waals surface area contributed by atoms with Crippen molar-refractivity contribution in [3.05, 3.63) is 130 Å². The van der Waals surface area contributed by atoms with E-state index < -0.39 is 17.2 Å². The summed E-state index contributed by atoms with van der Waals surface area (Å²) in [5.74, 6) is -0.840. The zero-order valence-corrected chi connectivity index (χ0v) is 21.2. The Balaban J connectivity index is 1.66. The lowest BCUT2D eigenvalue weighted by Crippen LogP contribution is -2.30. The molecule has 0 aliphatic rings. The fourth-order valence-electron chi connectivity index (χ4n) is 3.79. The van der Waals surface area contributed by atoms with Crippen LogP contribution in [0.15, 0.2) is 81.8 Å². The third kappa shape index (κ3) is 4.85. The van der Waals surface area contributed by atoms with Crippen LogP contribution in [0.2, 0.25) is 15.1 Å². The van der Waals surface area contributed by atoms with Crippen LogP contribution in [0, 0.1) is 5.82 Å². The minimum atomic E-state index is -0.726. The number of aromatic nitrogens is 4. The fraction of sp³-hybridized carbons (Fsp3) is 0.0400. The maximum absolute atomic E-state index is 13.8. The maximum atomic E-state index is 13.8. The first-order chi connectivity index (χ1) is 17.3. The van der Waals surface area contributed by atoms with Gasteiger partial charge in [-0.1, -0.05) is 59.1 Å². The predicted molar refractivity (Wildman–Crippen MR) is 140 cm³/mol. The molecule has 6 nitrogen and oxygen atoms in total. The van der Waals surface area contributed by atoms with Crippen molar-refractivity contribution >= 4 is 46.1 Å². The van der Waals surface area contributed by atoms with Crippen molar-refractivity contribution < 1.29 is 4.39 Å². The molecule has 0 amide bonds. The summed E-state index contributed by atoms with van der Waals surface area (Å²) in [6.07, 6.45) is 0.983. The molecular weight excluding hydrogens is 546 g/mol. The molecule has 2 heterocycles. The number of hydrogen-bond donors (Lipinski definition) is 1. The molecule has 1 atom stereocenters. The second kappa shape index (κ2) is 9.99. The molecular formula is C25H14Cl3FN4O2S. The highest BCUT2D eigenvalue weighted by molar-refractivity contribution is 7.10. The van der Waals surface area contributed by atoms with Gasteiger partial charge in [0.1, 0.15) is 17.0 Å². The van der Waals surface area contributed by atoms with Crippen molar-refractivity contribution in [3.8, 4) is 16.9 Å². The highest BCUT2D eigenvalue weighted by atomic mass is 35.5. The van der Waals surface area contributed by atoms with Gasteiger partial charge >= 0.3 is 5.69 Å². The average Bonchev–Trinajstić information content (AvgIpc) is 3.32. The van der Waals surface area contributed by atoms with Crippen LogP contribution in [0.4, 0.5) is 4.39 Å². The van der Waals surface area contributed by atoms with Gasteiger partial charge in [0.25, 0.3) is 5.56 Å². The van der Waals surface area contributed by atoms with E-state index >= 15 is 0 Å². The highest BCUT2D eigenvalue weighted by Crippen LogP contribution is 2.43. The number of aromatic amines is 1. The zero-order valence-electron chi connectivity index (χ0n) is 18.1. The van der Waals surface area contributed by atoms with Crippen molar-refractivity contribution in [2.45, 2.75) is 5.92 Å². The van der Waals surface area contributed by atoms with Gasteiger partial charge in [-0.3, -0.25) is 9.78 Å². The van der Waals surface area contributed by atoms with Crippen molar-refractivity contribution in [1.29, 1.82) is 0 Å². The van der Waals surface area contributed by atoms with E-state index in [0.29, 0.717) is 26.9 Å². The number of hydrogen-bond acceptors (Lipinski definition) is 5. The van der Waals surface area contributed by atoms with Gasteiger partial charge in [0.2, 0.25) is 0 Å². The van der Waals surface area contributed by atoms with Gasteiger partial charge in [0.05, 0.1) is 17.3 Å². The van der Waals surface area contributed by atoms with Crippen molar-refractivity contribution in [2.24, 2.45) is 0 Å². The van der Waals surface area contributed by atoms with Crippen LogP contribution in [0.1, 0.15) is 22.1 Å². The van der Waals surface area contributed by atoms with E-state index in [9.17, 15) is 14.0 Å². The Bertz CT molecular complexity index is 1680. The molecule has 180 valence electrons. The normalized spacial score (nSPS) is 12.0. The summed E-state index contributed by atoms with van der Waals surface area (Å²) in [6.45, 7) is 0. The van der Waals surface area contributed by atoms with Gasteiger partial charge in [-0.15, -0.1) is 11.3 Å². The van der Waals surface area contributed by atoms with E-state index in [4.69, 9.17) is 39.8 Å². The number of H-pyrrole nitrogens is 1. The molecule has 0 bridgehead atoms. The van der Waals surface area contributed by atoms with Crippen LogP contribution in [0.3, 0.4) is 0 Å². The lowest BCUT2D eigenvalue weighted by molar-refractivity contribution is 0.628. The number of nitrogens with one attached hydrogen (secondary N) is 1. The van der Waals surface area contributed by atoms with Gasteiger partial charge in [-0.25, -0.2) is 14.2 Å². The monoisotopic (exact) mass is 558 g/mol. The van der Waals surface area contributed by atoms with Crippen LogP contribution in [0.25, 0.3) is 16.9 Å². The topological polar surface area (TPSA) is 80.6 Å². The molecule has 5 rings (SSSR count). The molecule has 1 N–H and O–H groups in total. The molecule has 0 saturated heterocycles. The summed E-state index contributed by atoms with van der Waals surface area (Å²) in [6, 6.07) is 16.5. The molecule has 5 aromatic rings.